The summed E-state index contributed by atoms with van der Waals surface area (Å²) in [6, 6.07) is 11.3. The van der Waals surface area contributed by atoms with Crippen molar-refractivity contribution >= 4 is 11.4 Å². The lowest BCUT2D eigenvalue weighted by atomic mass is 10.3. The molecule has 2 aliphatic heterocycles. The number of para-hydroxylation sites is 2. The lowest BCUT2D eigenvalue weighted by Gasteiger charge is -1.87. The van der Waals surface area contributed by atoms with Crippen LogP contribution < -0.4 is 9.47 Å². The number of nitrogens with zero attached hydrogens (tertiary/aromatic N) is 2. The summed E-state index contributed by atoms with van der Waals surface area (Å²) in [5, 5.41) is 8.28. The van der Waals surface area contributed by atoms with Crippen molar-refractivity contribution in [3.8, 4) is 23.0 Å². The van der Waals surface area contributed by atoms with E-state index in [0.717, 1.165) is 34.4 Å². The third-order valence-corrected chi connectivity index (χ3v) is 2.52. The van der Waals surface area contributed by atoms with Gasteiger partial charge < -0.3 is 9.47 Å². The van der Waals surface area contributed by atoms with Crippen molar-refractivity contribution < 1.29 is 9.47 Å². The summed E-state index contributed by atoms with van der Waals surface area (Å²) in [5.41, 5.74) is 1.52. The van der Waals surface area contributed by atoms with E-state index in [-0.39, 0.29) is 0 Å². The smallest absolute Gasteiger partial charge is 0.197 e. The van der Waals surface area contributed by atoms with Crippen LogP contribution in [0.3, 0.4) is 0 Å². The third-order valence-electron chi connectivity index (χ3n) is 2.52. The van der Waals surface area contributed by atoms with Crippen LogP contribution in [0.25, 0.3) is 0 Å². The first-order valence-corrected chi connectivity index (χ1v) is 4.95. The van der Waals surface area contributed by atoms with Crippen LogP contribution in [0.1, 0.15) is 0 Å². The van der Waals surface area contributed by atoms with Gasteiger partial charge in [0.2, 0.25) is 0 Å². The van der Waals surface area contributed by atoms with Crippen LogP contribution in [0.4, 0.5) is 11.4 Å². The average Bonchev–Trinajstić information content (AvgIpc) is 3.16. The minimum absolute atomic E-state index is 0.760. The fraction of sp³-hybridized carbons (Fsp3) is 0. The van der Waals surface area contributed by atoms with E-state index >= 15 is 0 Å². The normalized spacial score (nSPS) is 13.8. The molecule has 2 aromatic rings. The van der Waals surface area contributed by atoms with Gasteiger partial charge in [0.25, 0.3) is 0 Å². The molecular formula is C12H6N2O2. The molecule has 0 aromatic heterocycles. The molecule has 0 atom stereocenters. The molecule has 2 aliphatic rings. The molecule has 0 amide bonds. The van der Waals surface area contributed by atoms with Gasteiger partial charge in [-0.25, -0.2) is 0 Å². The summed E-state index contributed by atoms with van der Waals surface area (Å²) in [5.74, 6) is 3.42. The average molecular weight is 210 g/mol. The molecule has 0 bridgehead atoms. The molecule has 4 rings (SSSR count). The van der Waals surface area contributed by atoms with E-state index in [0.29, 0.717) is 0 Å². The van der Waals surface area contributed by atoms with Crippen molar-refractivity contribution in [2.45, 2.75) is 0 Å². The van der Waals surface area contributed by atoms with Gasteiger partial charge in [-0.2, -0.15) is 0 Å². The van der Waals surface area contributed by atoms with Crippen LogP contribution in [-0.4, -0.2) is 0 Å². The first kappa shape index (κ1) is 7.87. The number of ether oxygens (including phenoxy) is 2. The predicted octanol–water partition coefficient (Wildman–Crippen LogP) is 4.31. The van der Waals surface area contributed by atoms with Gasteiger partial charge >= 0.3 is 0 Å². The van der Waals surface area contributed by atoms with Crippen LogP contribution in [0, 0.1) is 0 Å². The summed E-state index contributed by atoms with van der Waals surface area (Å²) >= 11 is 0. The summed E-state index contributed by atoms with van der Waals surface area (Å²) in [4.78, 5) is 0. The number of hydrogen-bond donors (Lipinski definition) is 0. The standard InChI is InChI=1S/C12H6N2O2/c1-3-7(11-9(5-1)15-11)13-14-8-4-2-6-10-12(8)16-10/h1-6H. The van der Waals surface area contributed by atoms with Crippen molar-refractivity contribution in [2.75, 3.05) is 0 Å². The van der Waals surface area contributed by atoms with E-state index in [4.69, 9.17) is 9.47 Å². The van der Waals surface area contributed by atoms with E-state index < -0.39 is 0 Å². The number of rotatable bonds is 2. The second kappa shape index (κ2) is 2.61. The number of fused-ring (bicyclic) bond motifs is 2. The maximum Gasteiger partial charge on any atom is 0.197 e. The maximum absolute atomic E-state index is 5.22. The molecular weight excluding hydrogens is 204 g/mol. The number of azo groups is 1. The Bertz CT molecular complexity index is 579. The molecule has 76 valence electrons. The van der Waals surface area contributed by atoms with Crippen LogP contribution in [0.5, 0.6) is 23.0 Å². The topological polar surface area (TPSA) is 49.8 Å². The molecule has 16 heavy (non-hydrogen) atoms. The molecule has 0 saturated carbocycles. The summed E-state index contributed by atoms with van der Waals surface area (Å²) in [6.45, 7) is 0. The molecule has 0 fully saturated rings. The van der Waals surface area contributed by atoms with Gasteiger partial charge in [0.15, 0.2) is 23.0 Å². The van der Waals surface area contributed by atoms with Crippen molar-refractivity contribution in [3.05, 3.63) is 36.4 Å². The predicted molar refractivity (Wildman–Crippen MR) is 57.2 cm³/mol. The minimum atomic E-state index is 0.760. The van der Waals surface area contributed by atoms with Crippen LogP contribution in [-0.2, 0) is 0 Å². The van der Waals surface area contributed by atoms with Gasteiger partial charge in [0.1, 0.15) is 11.4 Å². The molecule has 0 N–H and O–H groups in total. The fourth-order valence-electron chi connectivity index (χ4n) is 1.62. The zero-order valence-corrected chi connectivity index (χ0v) is 8.18. The lowest BCUT2D eigenvalue weighted by molar-refractivity contribution is 0.648. The molecule has 0 unspecified atom stereocenters. The molecule has 0 radical (unpaired) electrons. The highest BCUT2D eigenvalue weighted by Crippen LogP contribution is 2.54. The highest BCUT2D eigenvalue weighted by atomic mass is 16.6. The van der Waals surface area contributed by atoms with Crippen LogP contribution in [0.2, 0.25) is 0 Å². The second-order valence-corrected chi connectivity index (χ2v) is 3.61. The second-order valence-electron chi connectivity index (χ2n) is 3.61. The van der Waals surface area contributed by atoms with Gasteiger partial charge in [-0.3, -0.25) is 0 Å². The quantitative estimate of drug-likeness (QED) is 0.365. The largest absolute Gasteiger partial charge is 0.447 e. The molecule has 0 saturated heterocycles. The summed E-state index contributed by atoms with van der Waals surface area (Å²) < 4.78 is 10.4. The fourth-order valence-corrected chi connectivity index (χ4v) is 1.62. The Balaban J connectivity index is 1.70. The van der Waals surface area contributed by atoms with Gasteiger partial charge in [-0.15, -0.1) is 10.2 Å². The molecule has 2 heterocycles. The zero-order valence-electron chi connectivity index (χ0n) is 8.18. The van der Waals surface area contributed by atoms with Gasteiger partial charge in [-0.05, 0) is 24.3 Å². The van der Waals surface area contributed by atoms with Gasteiger partial charge in [-0.1, -0.05) is 12.1 Å². The lowest BCUT2D eigenvalue weighted by Crippen LogP contribution is -1.58. The Morgan fingerprint density at radius 2 is 1.19 bits per heavy atom. The Labute approximate surface area is 91.2 Å². The third kappa shape index (κ3) is 1.10. The first-order chi connectivity index (χ1) is 7.92. The van der Waals surface area contributed by atoms with Crippen molar-refractivity contribution in [2.24, 2.45) is 10.2 Å². The van der Waals surface area contributed by atoms with E-state index in [1.54, 1.807) is 0 Å². The first-order valence-electron chi connectivity index (χ1n) is 4.95. The summed E-state index contributed by atoms with van der Waals surface area (Å²) in [6.07, 6.45) is 0. The Kier molecular flexibility index (Phi) is 1.28. The number of hydrogen-bond acceptors (Lipinski definition) is 4. The maximum atomic E-state index is 5.22. The van der Waals surface area contributed by atoms with Gasteiger partial charge in [0.05, 0.1) is 0 Å². The monoisotopic (exact) mass is 210 g/mol. The van der Waals surface area contributed by atoms with Crippen LogP contribution in [0.15, 0.2) is 46.6 Å². The zero-order chi connectivity index (χ0) is 10.5. The molecule has 0 spiro atoms. The molecule has 0 aliphatic carbocycles. The van der Waals surface area contributed by atoms with E-state index in [1.807, 2.05) is 36.4 Å². The highest BCUT2D eigenvalue weighted by molar-refractivity contribution is 5.71. The molecule has 4 nitrogen and oxygen atoms in total. The van der Waals surface area contributed by atoms with E-state index in [2.05, 4.69) is 10.2 Å². The molecule has 2 aromatic carbocycles. The van der Waals surface area contributed by atoms with Crippen LogP contribution >= 0.6 is 0 Å². The Hall–Kier alpha value is -2.36. The molecule has 4 heteroatoms. The van der Waals surface area contributed by atoms with E-state index in [1.165, 1.54) is 0 Å². The van der Waals surface area contributed by atoms with Gasteiger partial charge in [0, 0.05) is 0 Å². The number of benzene rings is 2. The minimum Gasteiger partial charge on any atom is -0.447 e. The van der Waals surface area contributed by atoms with E-state index in [9.17, 15) is 0 Å². The van der Waals surface area contributed by atoms with Crippen molar-refractivity contribution in [3.63, 3.8) is 0 Å². The summed E-state index contributed by atoms with van der Waals surface area (Å²) in [7, 11) is 0. The van der Waals surface area contributed by atoms with Crippen molar-refractivity contribution in [1.82, 2.24) is 0 Å². The van der Waals surface area contributed by atoms with Crippen molar-refractivity contribution in [1.29, 1.82) is 0 Å². The highest BCUT2D eigenvalue weighted by Gasteiger charge is 2.25. The SMILES string of the molecule is c1cc(N=Nc2cccc3c2O3)c2c(c1)O2. The Morgan fingerprint density at radius 3 is 1.69 bits per heavy atom. The Morgan fingerprint density at radius 1 is 0.688 bits per heavy atom.